The van der Waals surface area contributed by atoms with E-state index in [-0.39, 0.29) is 0 Å². The summed E-state index contributed by atoms with van der Waals surface area (Å²) in [6.45, 7) is 3.54. The van der Waals surface area contributed by atoms with E-state index in [2.05, 4.69) is 25.3 Å². The smallest absolute Gasteiger partial charge is 0.304 e. The first-order chi connectivity index (χ1) is 14.4. The Labute approximate surface area is 172 Å². The van der Waals surface area contributed by atoms with Gasteiger partial charge < -0.3 is 4.90 Å². The van der Waals surface area contributed by atoms with Crippen molar-refractivity contribution in [3.8, 4) is 0 Å². The van der Waals surface area contributed by atoms with Crippen LogP contribution >= 0.6 is 0 Å². The molecule has 1 saturated heterocycles. The fourth-order valence-electron chi connectivity index (χ4n) is 3.76. The largest absolute Gasteiger partial charge is 0.416 e. The molecule has 0 saturated carbocycles. The van der Waals surface area contributed by atoms with Gasteiger partial charge in [-0.05, 0) is 40.7 Å². The van der Waals surface area contributed by atoms with E-state index in [0.29, 0.717) is 17.9 Å². The summed E-state index contributed by atoms with van der Waals surface area (Å²) in [6.07, 6.45) is -4.40. The molecule has 2 aromatic carbocycles. The molecule has 1 aliphatic heterocycles. The van der Waals surface area contributed by atoms with Crippen molar-refractivity contribution >= 4 is 0 Å². The number of aromatic nitrogens is 4. The average molecular weight is 416 g/mol. The molecule has 0 unspecified atom stereocenters. The van der Waals surface area contributed by atoms with Crippen LogP contribution < -0.4 is 0 Å². The van der Waals surface area contributed by atoms with Gasteiger partial charge in [-0.15, -0.1) is 5.10 Å². The minimum atomic E-state index is -4.40. The Hall–Kier alpha value is -2.78. The predicted octanol–water partition coefficient (Wildman–Crippen LogP) is 3.08. The molecule has 0 amide bonds. The Balaban J connectivity index is 1.73. The lowest BCUT2D eigenvalue weighted by molar-refractivity contribution is -0.137. The summed E-state index contributed by atoms with van der Waals surface area (Å²) in [4.78, 5) is 4.36. The molecular weight excluding hydrogens is 393 g/mol. The molecule has 0 spiro atoms. The van der Waals surface area contributed by atoms with Crippen molar-refractivity contribution in [3.63, 3.8) is 0 Å². The molecule has 4 rings (SSSR count). The first-order valence-corrected chi connectivity index (χ1v) is 9.81. The van der Waals surface area contributed by atoms with Crippen LogP contribution in [0.4, 0.5) is 13.2 Å². The highest BCUT2D eigenvalue weighted by Crippen LogP contribution is 2.34. The summed E-state index contributed by atoms with van der Waals surface area (Å²) < 4.78 is 41.8. The van der Waals surface area contributed by atoms with Gasteiger partial charge in [0.1, 0.15) is 0 Å². The van der Waals surface area contributed by atoms with Crippen LogP contribution in [0.3, 0.4) is 0 Å². The Morgan fingerprint density at radius 3 is 2.40 bits per heavy atom. The van der Waals surface area contributed by atoms with Crippen LogP contribution in [0.15, 0.2) is 54.6 Å². The second-order valence-corrected chi connectivity index (χ2v) is 7.55. The number of benzene rings is 2. The lowest BCUT2D eigenvalue weighted by atomic mass is 10.0. The molecule has 1 aromatic heterocycles. The summed E-state index contributed by atoms with van der Waals surface area (Å²) in [6, 6.07) is 14.8. The molecule has 2 heterocycles. The minimum absolute atomic E-state index is 0.451. The van der Waals surface area contributed by atoms with Crippen LogP contribution in [0.25, 0.3) is 0 Å². The van der Waals surface area contributed by atoms with E-state index >= 15 is 0 Å². The zero-order valence-corrected chi connectivity index (χ0v) is 16.6. The van der Waals surface area contributed by atoms with E-state index in [1.54, 1.807) is 10.7 Å². The predicted molar refractivity (Wildman–Crippen MR) is 106 cm³/mol. The van der Waals surface area contributed by atoms with E-state index in [9.17, 15) is 13.2 Å². The highest BCUT2D eigenvalue weighted by molar-refractivity contribution is 5.31. The fourth-order valence-corrected chi connectivity index (χ4v) is 3.76. The number of nitrogens with zero attached hydrogens (tertiary/aromatic N) is 6. The number of hydrogen-bond donors (Lipinski definition) is 0. The number of piperazine rings is 1. The van der Waals surface area contributed by atoms with Crippen molar-refractivity contribution in [1.29, 1.82) is 0 Å². The average Bonchev–Trinajstić information content (AvgIpc) is 3.18. The molecule has 0 aliphatic carbocycles. The molecule has 158 valence electrons. The number of rotatable bonds is 5. The maximum atomic E-state index is 13.4. The second kappa shape index (κ2) is 8.53. The monoisotopic (exact) mass is 416 g/mol. The number of likely N-dealkylation sites (N-methyl/N-ethyl adjacent to an activating group) is 1. The van der Waals surface area contributed by atoms with Crippen molar-refractivity contribution in [2.24, 2.45) is 0 Å². The van der Waals surface area contributed by atoms with Gasteiger partial charge in [-0.1, -0.05) is 42.5 Å². The van der Waals surface area contributed by atoms with E-state index in [4.69, 9.17) is 0 Å². The molecule has 0 radical (unpaired) electrons. The number of halogens is 3. The van der Waals surface area contributed by atoms with E-state index in [1.807, 2.05) is 37.4 Å². The Morgan fingerprint density at radius 2 is 1.70 bits per heavy atom. The number of tetrazole rings is 1. The topological polar surface area (TPSA) is 50.1 Å². The third-order valence-corrected chi connectivity index (χ3v) is 5.41. The minimum Gasteiger partial charge on any atom is -0.304 e. The summed E-state index contributed by atoms with van der Waals surface area (Å²) >= 11 is 0. The van der Waals surface area contributed by atoms with Gasteiger partial charge in [-0.25, -0.2) is 4.68 Å². The van der Waals surface area contributed by atoms with Crippen molar-refractivity contribution in [3.05, 3.63) is 77.1 Å². The molecule has 1 atom stereocenters. The molecule has 0 N–H and O–H groups in total. The van der Waals surface area contributed by atoms with Crippen LogP contribution in [-0.4, -0.2) is 63.2 Å². The molecule has 9 heteroatoms. The van der Waals surface area contributed by atoms with Crippen LogP contribution in [0.5, 0.6) is 0 Å². The Kier molecular flexibility index (Phi) is 5.83. The maximum Gasteiger partial charge on any atom is 0.416 e. The molecule has 30 heavy (non-hydrogen) atoms. The van der Waals surface area contributed by atoms with Gasteiger partial charge in [-0.3, -0.25) is 4.90 Å². The van der Waals surface area contributed by atoms with Gasteiger partial charge in [0.05, 0.1) is 18.2 Å². The molecule has 6 nitrogen and oxygen atoms in total. The molecule has 1 fully saturated rings. The summed E-state index contributed by atoms with van der Waals surface area (Å²) in [5, 5.41) is 12.2. The summed E-state index contributed by atoms with van der Waals surface area (Å²) in [5.74, 6) is 0.544. The highest BCUT2D eigenvalue weighted by atomic mass is 19.4. The molecule has 3 aromatic rings. The highest BCUT2D eigenvalue weighted by Gasteiger charge is 2.34. The third-order valence-electron chi connectivity index (χ3n) is 5.41. The van der Waals surface area contributed by atoms with Crippen LogP contribution in [0.2, 0.25) is 0 Å². The summed E-state index contributed by atoms with van der Waals surface area (Å²) in [7, 11) is 2.04. The van der Waals surface area contributed by atoms with Crippen LogP contribution in [0.1, 0.15) is 28.6 Å². The number of hydrogen-bond acceptors (Lipinski definition) is 5. The SMILES string of the molecule is CN1CCN([C@@H](c2cccc(C(F)(F)F)c2)c2nnnn2Cc2ccccc2)CC1. The van der Waals surface area contributed by atoms with Crippen LogP contribution in [0, 0.1) is 0 Å². The molecular formula is C21H23F3N6. The lowest BCUT2D eigenvalue weighted by Crippen LogP contribution is -2.46. The van der Waals surface area contributed by atoms with Gasteiger partial charge in [0.15, 0.2) is 5.82 Å². The molecule has 1 aliphatic rings. The van der Waals surface area contributed by atoms with E-state index in [1.165, 1.54) is 12.1 Å². The van der Waals surface area contributed by atoms with Gasteiger partial charge in [-0.2, -0.15) is 13.2 Å². The lowest BCUT2D eigenvalue weighted by Gasteiger charge is -2.37. The van der Waals surface area contributed by atoms with Crippen molar-refractivity contribution in [1.82, 2.24) is 30.0 Å². The van der Waals surface area contributed by atoms with Crippen molar-refractivity contribution in [2.75, 3.05) is 33.2 Å². The van der Waals surface area contributed by atoms with Gasteiger partial charge in [0.25, 0.3) is 0 Å². The van der Waals surface area contributed by atoms with Gasteiger partial charge in [0, 0.05) is 26.2 Å². The summed E-state index contributed by atoms with van der Waals surface area (Å²) in [5.41, 5.74) is 0.895. The van der Waals surface area contributed by atoms with Crippen molar-refractivity contribution in [2.45, 2.75) is 18.8 Å². The van der Waals surface area contributed by atoms with E-state index < -0.39 is 17.8 Å². The zero-order chi connectivity index (χ0) is 21.1. The van der Waals surface area contributed by atoms with Gasteiger partial charge >= 0.3 is 6.18 Å². The van der Waals surface area contributed by atoms with Gasteiger partial charge in [0.2, 0.25) is 0 Å². The van der Waals surface area contributed by atoms with Crippen LogP contribution in [-0.2, 0) is 12.7 Å². The first kappa shape index (κ1) is 20.5. The first-order valence-electron chi connectivity index (χ1n) is 9.81. The van der Waals surface area contributed by atoms with E-state index in [0.717, 1.165) is 37.8 Å². The second-order valence-electron chi connectivity index (χ2n) is 7.55. The van der Waals surface area contributed by atoms with Crippen molar-refractivity contribution < 1.29 is 13.2 Å². The fraction of sp³-hybridized carbons (Fsp3) is 0.381. The third kappa shape index (κ3) is 4.52. The normalized spacial score (nSPS) is 17.2. The Morgan fingerprint density at radius 1 is 0.967 bits per heavy atom. The standard InChI is InChI=1S/C21H23F3N6/c1-28-10-12-29(13-11-28)19(17-8-5-9-18(14-17)21(22,23)24)20-25-26-27-30(20)15-16-6-3-2-4-7-16/h2-9,14,19H,10-13,15H2,1H3/t19-/m0/s1. The number of alkyl halides is 3. The zero-order valence-electron chi connectivity index (χ0n) is 16.6. The quantitative estimate of drug-likeness (QED) is 0.640. The molecule has 0 bridgehead atoms. The maximum absolute atomic E-state index is 13.4. The Bertz CT molecular complexity index is 964.